The molecule has 1 aromatic rings. The van der Waals surface area contributed by atoms with Crippen molar-refractivity contribution in [2.24, 2.45) is 11.8 Å². The molecule has 2 rings (SSSR count). The van der Waals surface area contributed by atoms with Crippen molar-refractivity contribution in [3.8, 4) is 0 Å². The minimum absolute atomic E-state index is 0.195. The van der Waals surface area contributed by atoms with E-state index in [4.69, 9.17) is 0 Å². The van der Waals surface area contributed by atoms with Crippen LogP contribution in [0.3, 0.4) is 0 Å². The van der Waals surface area contributed by atoms with Gasteiger partial charge in [0, 0.05) is 25.6 Å². The molecule has 24 heavy (non-hydrogen) atoms. The van der Waals surface area contributed by atoms with Gasteiger partial charge in [-0.15, -0.1) is 0 Å². The zero-order chi connectivity index (χ0) is 17.4. The highest BCUT2D eigenvalue weighted by Crippen LogP contribution is 2.24. The van der Waals surface area contributed by atoms with E-state index in [1.54, 1.807) is 0 Å². The summed E-state index contributed by atoms with van der Waals surface area (Å²) in [5, 5.41) is 6.51. The van der Waals surface area contributed by atoms with Gasteiger partial charge in [0.05, 0.1) is 0 Å². The first-order valence-electron chi connectivity index (χ1n) is 9.28. The predicted octanol–water partition coefficient (Wildman–Crippen LogP) is 2.65. The molecular formula is C20H33N3O. The molecule has 0 spiro atoms. The van der Waals surface area contributed by atoms with Gasteiger partial charge in [-0.05, 0) is 57.3 Å². The second-order valence-corrected chi connectivity index (χ2v) is 7.32. The molecule has 1 amide bonds. The lowest BCUT2D eigenvalue weighted by atomic mass is 9.84. The predicted molar refractivity (Wildman–Crippen MR) is 99.8 cm³/mol. The number of hydrogen-bond donors (Lipinski definition) is 2. The molecule has 0 radical (unpaired) electrons. The number of nitrogens with zero attached hydrogens (tertiary/aromatic N) is 1. The van der Waals surface area contributed by atoms with E-state index in [1.807, 2.05) is 6.07 Å². The molecule has 0 aromatic heterocycles. The van der Waals surface area contributed by atoms with Gasteiger partial charge in [0.1, 0.15) is 0 Å². The van der Waals surface area contributed by atoms with Crippen LogP contribution in [0.15, 0.2) is 30.3 Å². The van der Waals surface area contributed by atoms with E-state index in [1.165, 1.54) is 18.4 Å². The smallest absolute Gasteiger partial charge is 0.220 e. The van der Waals surface area contributed by atoms with Gasteiger partial charge in [-0.2, -0.15) is 0 Å². The van der Waals surface area contributed by atoms with E-state index in [2.05, 4.69) is 60.7 Å². The highest BCUT2D eigenvalue weighted by atomic mass is 16.1. The number of rotatable bonds is 8. The molecule has 1 fully saturated rings. The number of amides is 1. The Morgan fingerprint density at radius 1 is 1.25 bits per heavy atom. The molecule has 1 saturated heterocycles. The number of nitrogens with one attached hydrogen (secondary N) is 2. The van der Waals surface area contributed by atoms with Gasteiger partial charge < -0.3 is 10.6 Å². The summed E-state index contributed by atoms with van der Waals surface area (Å²) in [6, 6.07) is 10.8. The van der Waals surface area contributed by atoms with Crippen LogP contribution in [0.1, 0.15) is 38.7 Å². The summed E-state index contributed by atoms with van der Waals surface area (Å²) in [5.41, 5.74) is 1.30. The first kappa shape index (κ1) is 18.9. The molecule has 1 heterocycles. The highest BCUT2D eigenvalue weighted by Gasteiger charge is 2.22. The maximum absolute atomic E-state index is 12.2. The van der Waals surface area contributed by atoms with Crippen LogP contribution in [0.4, 0.5) is 0 Å². The van der Waals surface area contributed by atoms with Crippen LogP contribution in [-0.2, 0) is 11.3 Å². The molecule has 1 aliphatic rings. The topological polar surface area (TPSA) is 44.4 Å². The van der Waals surface area contributed by atoms with Gasteiger partial charge in [0.2, 0.25) is 5.91 Å². The molecular weight excluding hydrogens is 298 g/mol. The van der Waals surface area contributed by atoms with Crippen LogP contribution in [-0.4, -0.2) is 43.5 Å². The van der Waals surface area contributed by atoms with Crippen molar-refractivity contribution >= 4 is 5.91 Å². The quantitative estimate of drug-likeness (QED) is 0.770. The monoisotopic (exact) mass is 331 g/mol. The lowest BCUT2D eigenvalue weighted by molar-refractivity contribution is -0.122. The van der Waals surface area contributed by atoms with Crippen LogP contribution >= 0.6 is 0 Å². The number of carbonyl (C=O) groups excluding carboxylic acids is 1. The van der Waals surface area contributed by atoms with E-state index < -0.39 is 0 Å². The number of likely N-dealkylation sites (N-methyl/N-ethyl adjacent to an activating group) is 1. The minimum Gasteiger partial charge on any atom is -0.355 e. The fourth-order valence-electron chi connectivity index (χ4n) is 3.39. The molecule has 2 N–H and O–H groups in total. The van der Waals surface area contributed by atoms with Gasteiger partial charge in [-0.25, -0.2) is 0 Å². The van der Waals surface area contributed by atoms with E-state index >= 15 is 0 Å². The molecule has 4 nitrogen and oxygen atoms in total. The van der Waals surface area contributed by atoms with Gasteiger partial charge in [0.15, 0.2) is 0 Å². The van der Waals surface area contributed by atoms with Crippen molar-refractivity contribution in [3.05, 3.63) is 35.9 Å². The maximum Gasteiger partial charge on any atom is 0.220 e. The zero-order valence-electron chi connectivity index (χ0n) is 15.4. The first-order valence-corrected chi connectivity index (χ1v) is 9.28. The number of benzene rings is 1. The summed E-state index contributed by atoms with van der Waals surface area (Å²) >= 11 is 0. The molecule has 134 valence electrons. The van der Waals surface area contributed by atoms with Gasteiger partial charge in [0.25, 0.3) is 0 Å². The van der Waals surface area contributed by atoms with Gasteiger partial charge in [-0.1, -0.05) is 37.3 Å². The second-order valence-electron chi connectivity index (χ2n) is 7.32. The van der Waals surface area contributed by atoms with Crippen LogP contribution in [0.2, 0.25) is 0 Å². The lowest BCUT2D eigenvalue weighted by Crippen LogP contribution is -2.40. The fourth-order valence-corrected chi connectivity index (χ4v) is 3.39. The van der Waals surface area contributed by atoms with E-state index in [0.29, 0.717) is 30.8 Å². The molecule has 0 saturated carbocycles. The summed E-state index contributed by atoms with van der Waals surface area (Å²) in [7, 11) is 2.11. The minimum atomic E-state index is 0.195. The Bertz CT molecular complexity index is 485. The normalized spacial score (nSPS) is 18.3. The lowest BCUT2D eigenvalue weighted by Gasteiger charge is -2.28. The average Bonchev–Trinajstić information content (AvgIpc) is 2.61. The van der Waals surface area contributed by atoms with Crippen molar-refractivity contribution in [1.82, 2.24) is 15.5 Å². The Hall–Kier alpha value is -1.39. The maximum atomic E-state index is 12.2. The van der Waals surface area contributed by atoms with Crippen LogP contribution in [0, 0.1) is 11.8 Å². The molecule has 1 aromatic carbocycles. The van der Waals surface area contributed by atoms with Crippen molar-refractivity contribution in [1.29, 1.82) is 0 Å². The van der Waals surface area contributed by atoms with E-state index in [0.717, 1.165) is 19.6 Å². The van der Waals surface area contributed by atoms with Crippen molar-refractivity contribution in [2.45, 2.75) is 45.7 Å². The Morgan fingerprint density at radius 2 is 1.92 bits per heavy atom. The third-order valence-corrected chi connectivity index (χ3v) is 5.32. The van der Waals surface area contributed by atoms with Crippen LogP contribution in [0.25, 0.3) is 0 Å². The van der Waals surface area contributed by atoms with Crippen LogP contribution in [0.5, 0.6) is 0 Å². The van der Waals surface area contributed by atoms with E-state index in [9.17, 15) is 4.79 Å². The largest absolute Gasteiger partial charge is 0.355 e. The number of hydrogen-bond acceptors (Lipinski definition) is 3. The Balaban J connectivity index is 1.68. The summed E-state index contributed by atoms with van der Waals surface area (Å²) in [6.07, 6.45) is 3.05. The average molecular weight is 332 g/mol. The zero-order valence-corrected chi connectivity index (χ0v) is 15.4. The summed E-state index contributed by atoms with van der Waals surface area (Å²) < 4.78 is 0. The third-order valence-electron chi connectivity index (χ3n) is 5.32. The molecule has 1 aliphatic heterocycles. The van der Waals surface area contributed by atoms with Crippen LogP contribution < -0.4 is 10.6 Å². The fraction of sp³-hybridized carbons (Fsp3) is 0.650. The standard InChI is InChI=1S/C20H33N3O/c1-16(19-9-11-21-12-10-19)13-20(24)22-14-17(2)23(3)15-18-7-5-4-6-8-18/h4-8,16-17,19,21H,9-15H2,1-3H3,(H,22,24). The summed E-state index contributed by atoms with van der Waals surface area (Å²) in [5.74, 6) is 1.36. The van der Waals surface area contributed by atoms with Crippen molar-refractivity contribution in [2.75, 3.05) is 26.7 Å². The second kappa shape index (κ2) is 9.80. The number of piperidine rings is 1. The molecule has 0 aliphatic carbocycles. The Labute approximate surface area is 147 Å². The Morgan fingerprint density at radius 3 is 2.58 bits per heavy atom. The van der Waals surface area contributed by atoms with Gasteiger partial charge in [-0.3, -0.25) is 9.69 Å². The Kier molecular flexibility index (Phi) is 7.73. The molecule has 2 atom stereocenters. The van der Waals surface area contributed by atoms with Crippen molar-refractivity contribution in [3.63, 3.8) is 0 Å². The molecule has 2 unspecified atom stereocenters. The first-order chi connectivity index (χ1) is 11.6. The number of carbonyl (C=O) groups is 1. The summed E-state index contributed by atoms with van der Waals surface area (Å²) in [6.45, 7) is 8.19. The summed E-state index contributed by atoms with van der Waals surface area (Å²) in [4.78, 5) is 14.5. The highest BCUT2D eigenvalue weighted by molar-refractivity contribution is 5.76. The van der Waals surface area contributed by atoms with E-state index in [-0.39, 0.29) is 5.91 Å². The van der Waals surface area contributed by atoms with Gasteiger partial charge >= 0.3 is 0 Å². The SMILES string of the molecule is CC(CC(=O)NCC(C)N(C)Cc1ccccc1)C1CCNCC1. The molecule has 0 bridgehead atoms. The van der Waals surface area contributed by atoms with Crippen molar-refractivity contribution < 1.29 is 4.79 Å². The molecule has 4 heteroatoms. The third kappa shape index (κ3) is 6.25.